The third kappa shape index (κ3) is 3.20. The molecule has 7 nitrogen and oxygen atoms in total. The maximum absolute atomic E-state index is 13.6. The molecule has 1 saturated heterocycles. The summed E-state index contributed by atoms with van der Waals surface area (Å²) in [5.41, 5.74) is 0.543. The van der Waals surface area contributed by atoms with Gasteiger partial charge in [0, 0.05) is 19.3 Å². The summed E-state index contributed by atoms with van der Waals surface area (Å²) in [4.78, 5) is 21.9. The first-order valence-electron chi connectivity index (χ1n) is 10.2. The number of anilines is 1. The van der Waals surface area contributed by atoms with Crippen LogP contribution in [0.3, 0.4) is 0 Å². The van der Waals surface area contributed by atoms with Crippen LogP contribution in [0.15, 0.2) is 23.1 Å². The van der Waals surface area contributed by atoms with Crippen molar-refractivity contribution in [1.29, 1.82) is 0 Å². The Hall–Kier alpha value is -2.88. The highest BCUT2D eigenvalue weighted by molar-refractivity contribution is 5.75. The molecule has 1 aromatic carbocycles. The van der Waals surface area contributed by atoms with Crippen molar-refractivity contribution in [3.63, 3.8) is 0 Å². The Bertz CT molecular complexity index is 1200. The highest BCUT2D eigenvalue weighted by atomic mass is 19.4. The molecule has 2 aromatic heterocycles. The maximum Gasteiger partial charge on any atom is 0.398 e. The Kier molecular flexibility index (Phi) is 4.40. The zero-order valence-corrected chi connectivity index (χ0v) is 17.2. The number of H-pyrrole nitrogens is 1. The fourth-order valence-corrected chi connectivity index (χ4v) is 4.40. The number of fused-ring (bicyclic) bond motifs is 1. The van der Waals surface area contributed by atoms with Crippen LogP contribution in [0.5, 0.6) is 0 Å². The number of aromatic nitrogens is 4. The lowest BCUT2D eigenvalue weighted by molar-refractivity contribution is -0.160. The molecule has 31 heavy (non-hydrogen) atoms. The molecule has 1 aliphatic carbocycles. The zero-order valence-electron chi connectivity index (χ0n) is 17.2. The molecule has 0 bridgehead atoms. The minimum absolute atomic E-state index is 0.115. The van der Waals surface area contributed by atoms with Gasteiger partial charge in [0.1, 0.15) is 5.39 Å². The average molecular weight is 433 g/mol. The molecule has 0 amide bonds. The summed E-state index contributed by atoms with van der Waals surface area (Å²) < 4.78 is 47.6. The van der Waals surface area contributed by atoms with Crippen molar-refractivity contribution in [2.24, 2.45) is 0 Å². The van der Waals surface area contributed by atoms with Gasteiger partial charge < -0.3 is 9.64 Å². The highest BCUT2D eigenvalue weighted by Crippen LogP contribution is 2.59. The Morgan fingerprint density at radius 1 is 1.13 bits per heavy atom. The van der Waals surface area contributed by atoms with Crippen LogP contribution in [-0.2, 0) is 10.2 Å². The predicted molar refractivity (Wildman–Crippen MR) is 109 cm³/mol. The van der Waals surface area contributed by atoms with Crippen LogP contribution < -0.4 is 10.5 Å². The minimum Gasteiger partial charge on any atom is -0.378 e. The molecule has 1 saturated carbocycles. The number of ether oxygens (including phenoxy) is 1. The summed E-state index contributed by atoms with van der Waals surface area (Å²) in [6.45, 7) is 5.88. The van der Waals surface area contributed by atoms with Gasteiger partial charge in [-0.2, -0.15) is 18.2 Å². The van der Waals surface area contributed by atoms with Crippen molar-refractivity contribution in [3.8, 4) is 5.69 Å². The van der Waals surface area contributed by atoms with Gasteiger partial charge >= 0.3 is 6.18 Å². The minimum atomic E-state index is -4.26. The van der Waals surface area contributed by atoms with Crippen molar-refractivity contribution >= 4 is 17.0 Å². The summed E-state index contributed by atoms with van der Waals surface area (Å²) in [5, 5.41) is 4.81. The lowest BCUT2D eigenvalue weighted by Crippen LogP contribution is -2.38. The number of aromatic amines is 1. The number of morpholine rings is 1. The van der Waals surface area contributed by atoms with Crippen LogP contribution >= 0.6 is 0 Å². The maximum atomic E-state index is 13.6. The van der Waals surface area contributed by atoms with Crippen molar-refractivity contribution in [2.45, 2.75) is 38.3 Å². The number of alkyl halides is 3. The zero-order chi connectivity index (χ0) is 22.0. The first-order chi connectivity index (χ1) is 14.7. The Labute approximate surface area is 175 Å². The standard InChI is InChI=1S/C21H22F3N5O2/c1-12-9-14(20(3-4-20)21(22,23)24)10-13(2)16(12)29-11-15-17(27-29)25-19(26-18(15)30)28-5-7-31-8-6-28/h9-11H,3-8H2,1-2H3,(H,25,26,27,30). The molecule has 10 heteroatoms. The Balaban J connectivity index is 1.56. The van der Waals surface area contributed by atoms with Crippen LogP contribution in [0, 0.1) is 13.8 Å². The second kappa shape index (κ2) is 6.81. The summed E-state index contributed by atoms with van der Waals surface area (Å²) >= 11 is 0. The quantitative estimate of drug-likeness (QED) is 0.687. The first-order valence-corrected chi connectivity index (χ1v) is 10.2. The molecule has 2 aliphatic rings. The number of aryl methyl sites for hydroxylation is 2. The van der Waals surface area contributed by atoms with E-state index in [-0.39, 0.29) is 18.4 Å². The molecular formula is C21H22F3N5O2. The number of nitrogens with one attached hydrogen (secondary N) is 1. The van der Waals surface area contributed by atoms with Crippen LogP contribution in [0.1, 0.15) is 29.5 Å². The molecule has 3 aromatic rings. The Morgan fingerprint density at radius 3 is 2.35 bits per heavy atom. The van der Waals surface area contributed by atoms with Crippen LogP contribution in [0.2, 0.25) is 0 Å². The predicted octanol–water partition coefficient (Wildman–Crippen LogP) is 3.16. The molecule has 164 valence electrons. The highest BCUT2D eigenvalue weighted by Gasteiger charge is 2.64. The Morgan fingerprint density at radius 2 is 1.77 bits per heavy atom. The van der Waals surface area contributed by atoms with Gasteiger partial charge in [0.15, 0.2) is 5.65 Å². The molecule has 1 N–H and O–H groups in total. The van der Waals surface area contributed by atoms with Crippen molar-refractivity contribution in [2.75, 3.05) is 31.2 Å². The summed E-state index contributed by atoms with van der Waals surface area (Å²) in [7, 11) is 0. The lowest BCUT2D eigenvalue weighted by atomic mass is 9.91. The third-order valence-electron chi connectivity index (χ3n) is 6.25. The normalized spacial score (nSPS) is 18.5. The summed E-state index contributed by atoms with van der Waals surface area (Å²) in [6.07, 6.45) is -2.45. The fourth-order valence-electron chi connectivity index (χ4n) is 4.40. The van der Waals surface area contributed by atoms with Crippen LogP contribution in [0.4, 0.5) is 19.1 Å². The largest absolute Gasteiger partial charge is 0.398 e. The topological polar surface area (TPSA) is 76.0 Å². The molecule has 0 radical (unpaired) electrons. The summed E-state index contributed by atoms with van der Waals surface area (Å²) in [5.74, 6) is 0.440. The smallest absolute Gasteiger partial charge is 0.378 e. The number of benzene rings is 1. The van der Waals surface area contributed by atoms with Gasteiger partial charge in [0.25, 0.3) is 5.56 Å². The van der Waals surface area contributed by atoms with Gasteiger partial charge in [-0.05, 0) is 43.4 Å². The number of nitrogens with zero attached hydrogens (tertiary/aromatic N) is 4. The van der Waals surface area contributed by atoms with E-state index in [9.17, 15) is 18.0 Å². The van der Waals surface area contributed by atoms with E-state index in [2.05, 4.69) is 15.1 Å². The van der Waals surface area contributed by atoms with Crippen molar-refractivity contribution in [1.82, 2.24) is 19.7 Å². The van der Waals surface area contributed by atoms with Gasteiger partial charge in [0.2, 0.25) is 5.95 Å². The van der Waals surface area contributed by atoms with E-state index >= 15 is 0 Å². The van der Waals surface area contributed by atoms with Crippen molar-refractivity contribution < 1.29 is 17.9 Å². The van der Waals surface area contributed by atoms with Gasteiger partial charge in [-0.15, -0.1) is 5.10 Å². The second-order valence-corrected chi connectivity index (χ2v) is 8.34. The molecule has 3 heterocycles. The molecule has 1 aliphatic heterocycles. The second-order valence-electron chi connectivity index (χ2n) is 8.34. The molecule has 0 atom stereocenters. The van der Waals surface area contributed by atoms with Gasteiger partial charge in [0.05, 0.1) is 24.3 Å². The number of halogens is 3. The van der Waals surface area contributed by atoms with E-state index in [0.717, 1.165) is 0 Å². The van der Waals surface area contributed by atoms with E-state index in [4.69, 9.17) is 4.74 Å². The molecule has 0 unspecified atom stereocenters. The van der Waals surface area contributed by atoms with Crippen LogP contribution in [0.25, 0.3) is 16.7 Å². The van der Waals surface area contributed by atoms with E-state index in [1.165, 1.54) is 4.68 Å². The molecular weight excluding hydrogens is 411 g/mol. The van der Waals surface area contributed by atoms with E-state index < -0.39 is 11.6 Å². The van der Waals surface area contributed by atoms with Crippen LogP contribution in [-0.4, -0.2) is 52.2 Å². The monoisotopic (exact) mass is 433 g/mol. The number of hydrogen-bond acceptors (Lipinski definition) is 5. The van der Waals surface area contributed by atoms with E-state index in [1.54, 1.807) is 32.2 Å². The molecule has 0 spiro atoms. The summed E-state index contributed by atoms with van der Waals surface area (Å²) in [6, 6.07) is 3.18. The number of hydrogen-bond donors (Lipinski definition) is 1. The molecule has 5 rings (SSSR count). The fraction of sp³-hybridized carbons (Fsp3) is 0.476. The van der Waals surface area contributed by atoms with Gasteiger partial charge in [-0.25, -0.2) is 4.68 Å². The number of rotatable bonds is 3. The SMILES string of the molecule is Cc1cc(C2(C(F)(F)F)CC2)cc(C)c1-n1cc2c(=O)[nH]c(N3CCOCC3)nc2n1. The van der Waals surface area contributed by atoms with E-state index in [0.29, 0.717) is 65.7 Å². The van der Waals surface area contributed by atoms with Gasteiger partial charge in [-0.3, -0.25) is 9.78 Å². The third-order valence-corrected chi connectivity index (χ3v) is 6.25. The first kappa shape index (κ1) is 20.0. The van der Waals surface area contributed by atoms with E-state index in [1.807, 2.05) is 4.90 Å². The van der Waals surface area contributed by atoms with Crippen molar-refractivity contribution in [3.05, 3.63) is 45.4 Å². The van der Waals surface area contributed by atoms with Gasteiger partial charge in [-0.1, -0.05) is 12.1 Å². The average Bonchev–Trinajstić information content (AvgIpc) is 3.43. The molecule has 2 fully saturated rings. The lowest BCUT2D eigenvalue weighted by Gasteiger charge is -2.26.